The molecule has 2 heterocycles. The van der Waals surface area contributed by atoms with Gasteiger partial charge in [0.05, 0.1) is 0 Å². The molecule has 0 aromatic heterocycles. The molecular weight excluding hydrogens is 341 g/mol. The standard InChI is InChI=1S/C15H29N3OS.2ClH/c1-3-7-18-8-4-14(5-9-18)17(2)15(19)11-13-12-20-10-6-16-13;;/h13-14,16H,3-12H2,1-2H3;2*1H. The average molecular weight is 372 g/mol. The summed E-state index contributed by atoms with van der Waals surface area (Å²) in [4.78, 5) is 16.9. The summed E-state index contributed by atoms with van der Waals surface area (Å²) in [7, 11) is 2.00. The van der Waals surface area contributed by atoms with Gasteiger partial charge in [0.2, 0.25) is 5.91 Å². The molecule has 22 heavy (non-hydrogen) atoms. The van der Waals surface area contributed by atoms with Gasteiger partial charge in [-0.2, -0.15) is 11.8 Å². The van der Waals surface area contributed by atoms with Crippen LogP contribution in [-0.4, -0.2) is 72.5 Å². The second kappa shape index (κ2) is 11.8. The molecule has 0 radical (unpaired) electrons. The Morgan fingerprint density at radius 1 is 1.32 bits per heavy atom. The molecule has 4 nitrogen and oxygen atoms in total. The van der Waals surface area contributed by atoms with Crippen LogP contribution in [0, 0.1) is 0 Å². The third kappa shape index (κ3) is 6.83. The molecule has 1 N–H and O–H groups in total. The van der Waals surface area contributed by atoms with E-state index in [9.17, 15) is 4.79 Å². The van der Waals surface area contributed by atoms with Crippen LogP contribution in [-0.2, 0) is 4.79 Å². The number of nitrogens with one attached hydrogen (secondary N) is 1. The largest absolute Gasteiger partial charge is 0.343 e. The van der Waals surface area contributed by atoms with Crippen molar-refractivity contribution in [2.24, 2.45) is 0 Å². The molecule has 0 aliphatic carbocycles. The lowest BCUT2D eigenvalue weighted by molar-refractivity contribution is -0.133. The molecule has 0 bridgehead atoms. The summed E-state index contributed by atoms with van der Waals surface area (Å²) >= 11 is 1.96. The monoisotopic (exact) mass is 371 g/mol. The lowest BCUT2D eigenvalue weighted by Gasteiger charge is -2.37. The molecule has 0 saturated carbocycles. The molecule has 2 aliphatic rings. The first-order valence-corrected chi connectivity index (χ1v) is 9.15. The van der Waals surface area contributed by atoms with E-state index in [0.717, 1.165) is 38.2 Å². The number of rotatable bonds is 5. The minimum Gasteiger partial charge on any atom is -0.343 e. The number of nitrogens with zero attached hydrogens (tertiary/aromatic N) is 2. The Labute approximate surface area is 151 Å². The van der Waals surface area contributed by atoms with Crippen LogP contribution in [0.2, 0.25) is 0 Å². The van der Waals surface area contributed by atoms with E-state index in [0.29, 0.717) is 24.4 Å². The van der Waals surface area contributed by atoms with Gasteiger partial charge in [0, 0.05) is 56.7 Å². The van der Waals surface area contributed by atoms with Gasteiger partial charge in [0.25, 0.3) is 0 Å². The molecule has 1 unspecified atom stereocenters. The third-order valence-corrected chi connectivity index (χ3v) is 5.59. The van der Waals surface area contributed by atoms with Crippen LogP contribution in [0.1, 0.15) is 32.6 Å². The van der Waals surface area contributed by atoms with Crippen molar-refractivity contribution < 1.29 is 4.79 Å². The van der Waals surface area contributed by atoms with Crippen molar-refractivity contribution in [3.05, 3.63) is 0 Å². The summed E-state index contributed by atoms with van der Waals surface area (Å²) in [6.07, 6.45) is 4.16. The highest BCUT2D eigenvalue weighted by Crippen LogP contribution is 2.18. The smallest absolute Gasteiger partial charge is 0.224 e. The Kier molecular flexibility index (Phi) is 12.0. The zero-order valence-electron chi connectivity index (χ0n) is 13.8. The van der Waals surface area contributed by atoms with E-state index in [1.54, 1.807) is 0 Å². The number of amides is 1. The van der Waals surface area contributed by atoms with Gasteiger partial charge < -0.3 is 15.1 Å². The van der Waals surface area contributed by atoms with Crippen molar-refractivity contribution in [2.45, 2.75) is 44.7 Å². The lowest BCUT2D eigenvalue weighted by atomic mass is 10.0. The topological polar surface area (TPSA) is 35.6 Å². The highest BCUT2D eigenvalue weighted by atomic mass is 35.5. The summed E-state index contributed by atoms with van der Waals surface area (Å²) in [5.74, 6) is 2.57. The van der Waals surface area contributed by atoms with Gasteiger partial charge in [-0.15, -0.1) is 24.8 Å². The number of carbonyl (C=O) groups excluding carboxylic acids is 1. The number of carbonyl (C=O) groups is 1. The summed E-state index contributed by atoms with van der Waals surface area (Å²) in [6.45, 7) is 6.77. The molecule has 7 heteroatoms. The molecule has 2 saturated heterocycles. The fraction of sp³-hybridized carbons (Fsp3) is 0.933. The van der Waals surface area contributed by atoms with E-state index in [1.165, 1.54) is 18.7 Å². The van der Waals surface area contributed by atoms with Gasteiger partial charge in [-0.25, -0.2) is 0 Å². The predicted molar refractivity (Wildman–Crippen MR) is 101 cm³/mol. The number of likely N-dealkylation sites (tertiary alicyclic amines) is 1. The van der Waals surface area contributed by atoms with Crippen LogP contribution in [0.5, 0.6) is 0 Å². The van der Waals surface area contributed by atoms with Crippen molar-refractivity contribution in [3.63, 3.8) is 0 Å². The lowest BCUT2D eigenvalue weighted by Crippen LogP contribution is -2.48. The van der Waals surface area contributed by atoms with Crippen LogP contribution in [0.25, 0.3) is 0 Å². The second-order valence-corrected chi connectivity index (χ2v) is 7.16. The number of piperidine rings is 1. The summed E-state index contributed by atoms with van der Waals surface area (Å²) in [5.41, 5.74) is 0. The Morgan fingerprint density at radius 2 is 2.00 bits per heavy atom. The van der Waals surface area contributed by atoms with Crippen LogP contribution in [0.3, 0.4) is 0 Å². The number of hydrogen-bond donors (Lipinski definition) is 1. The number of hydrogen-bond acceptors (Lipinski definition) is 4. The first kappa shape index (κ1) is 22.3. The van der Waals surface area contributed by atoms with E-state index < -0.39 is 0 Å². The van der Waals surface area contributed by atoms with Gasteiger partial charge in [-0.3, -0.25) is 4.79 Å². The fourth-order valence-electron chi connectivity index (χ4n) is 3.16. The Hall–Kier alpha value is 0.320. The first-order valence-electron chi connectivity index (χ1n) is 8.00. The predicted octanol–water partition coefficient (Wildman–Crippen LogP) is 2.26. The molecule has 2 aliphatic heterocycles. The number of thioether (sulfide) groups is 1. The Bertz CT molecular complexity index is 309. The van der Waals surface area contributed by atoms with Crippen LogP contribution in [0.15, 0.2) is 0 Å². The maximum atomic E-state index is 12.4. The normalized spacial score (nSPS) is 23.3. The first-order chi connectivity index (χ1) is 9.70. The van der Waals surface area contributed by atoms with Crippen molar-refractivity contribution in [2.75, 3.05) is 44.7 Å². The Morgan fingerprint density at radius 3 is 2.55 bits per heavy atom. The quantitative estimate of drug-likeness (QED) is 0.803. The highest BCUT2D eigenvalue weighted by Gasteiger charge is 2.26. The summed E-state index contributed by atoms with van der Waals surface area (Å²) in [5, 5.41) is 3.46. The van der Waals surface area contributed by atoms with Crippen molar-refractivity contribution >= 4 is 42.5 Å². The van der Waals surface area contributed by atoms with Crippen LogP contribution in [0.4, 0.5) is 0 Å². The molecular formula is C15H31Cl2N3OS. The fourth-order valence-corrected chi connectivity index (χ4v) is 4.10. The molecule has 2 rings (SSSR count). The maximum Gasteiger partial charge on any atom is 0.224 e. The zero-order chi connectivity index (χ0) is 14.4. The minimum atomic E-state index is 0. The van der Waals surface area contributed by atoms with Crippen molar-refractivity contribution in [1.29, 1.82) is 0 Å². The van der Waals surface area contributed by atoms with E-state index in [4.69, 9.17) is 0 Å². The number of halogens is 2. The Balaban J connectivity index is 0.00000220. The van der Waals surface area contributed by atoms with Gasteiger partial charge in [0.1, 0.15) is 0 Å². The molecule has 0 aromatic carbocycles. The third-order valence-electron chi connectivity index (χ3n) is 4.46. The van der Waals surface area contributed by atoms with E-state index in [1.807, 2.05) is 23.7 Å². The highest BCUT2D eigenvalue weighted by molar-refractivity contribution is 7.99. The molecule has 0 aromatic rings. The molecule has 0 spiro atoms. The van der Waals surface area contributed by atoms with Crippen molar-refractivity contribution in [1.82, 2.24) is 15.1 Å². The van der Waals surface area contributed by atoms with Crippen molar-refractivity contribution in [3.8, 4) is 0 Å². The van der Waals surface area contributed by atoms with Gasteiger partial charge >= 0.3 is 0 Å². The van der Waals surface area contributed by atoms with E-state index in [2.05, 4.69) is 17.1 Å². The van der Waals surface area contributed by atoms with E-state index in [-0.39, 0.29) is 24.8 Å². The second-order valence-electron chi connectivity index (χ2n) is 6.01. The molecule has 132 valence electrons. The van der Waals surface area contributed by atoms with E-state index >= 15 is 0 Å². The molecule has 1 atom stereocenters. The molecule has 1 amide bonds. The van der Waals surface area contributed by atoms with Gasteiger partial charge in [0.15, 0.2) is 0 Å². The zero-order valence-corrected chi connectivity index (χ0v) is 16.2. The average Bonchev–Trinajstić information content (AvgIpc) is 2.48. The summed E-state index contributed by atoms with van der Waals surface area (Å²) in [6, 6.07) is 0.829. The van der Waals surface area contributed by atoms with Gasteiger partial charge in [-0.05, 0) is 25.8 Å². The van der Waals surface area contributed by atoms with Gasteiger partial charge in [-0.1, -0.05) is 6.92 Å². The molecule has 2 fully saturated rings. The minimum absolute atomic E-state index is 0. The SMILES string of the molecule is CCCN1CCC(N(C)C(=O)CC2CSCCN2)CC1.Cl.Cl. The summed E-state index contributed by atoms with van der Waals surface area (Å²) < 4.78 is 0. The van der Waals surface area contributed by atoms with Crippen LogP contribution < -0.4 is 5.32 Å². The van der Waals surface area contributed by atoms with Crippen LogP contribution >= 0.6 is 36.6 Å². The maximum absolute atomic E-state index is 12.4.